The summed E-state index contributed by atoms with van der Waals surface area (Å²) < 4.78 is 14.8. The predicted octanol–water partition coefficient (Wildman–Crippen LogP) is 3.13. The lowest BCUT2D eigenvalue weighted by atomic mass is 10.1. The summed E-state index contributed by atoms with van der Waals surface area (Å²) in [5.41, 5.74) is 1.14. The van der Waals surface area contributed by atoms with E-state index in [0.29, 0.717) is 26.2 Å². The van der Waals surface area contributed by atoms with Crippen LogP contribution in [0.15, 0.2) is 65.1 Å². The van der Waals surface area contributed by atoms with Crippen molar-refractivity contribution in [1.82, 2.24) is 19.8 Å². The van der Waals surface area contributed by atoms with E-state index in [0.717, 1.165) is 42.0 Å². The Bertz CT molecular complexity index is 1360. The average molecular weight is 519 g/mol. The molecular formula is C27H31FN8O2. The third-order valence-electron chi connectivity index (χ3n) is 6.33. The molecule has 0 saturated carbocycles. The Kier molecular flexibility index (Phi) is 8.59. The molecule has 10 nitrogen and oxygen atoms in total. The van der Waals surface area contributed by atoms with Crippen LogP contribution in [0, 0.1) is 5.82 Å². The van der Waals surface area contributed by atoms with E-state index in [-0.39, 0.29) is 22.3 Å². The minimum Gasteiger partial charge on any atom is -0.357 e. The Morgan fingerprint density at radius 3 is 2.61 bits per heavy atom. The van der Waals surface area contributed by atoms with Crippen LogP contribution in [0.3, 0.4) is 0 Å². The molecule has 0 unspecified atom stereocenters. The van der Waals surface area contributed by atoms with Crippen LogP contribution >= 0.6 is 0 Å². The Labute approximate surface area is 220 Å². The molecular weight excluding hydrogens is 487 g/mol. The number of carbonyl (C=O) groups is 2. The molecule has 1 saturated heterocycles. The maximum absolute atomic E-state index is 14.8. The van der Waals surface area contributed by atoms with Crippen molar-refractivity contribution in [3.63, 3.8) is 0 Å². The first-order valence-electron chi connectivity index (χ1n) is 12.5. The second-order valence-corrected chi connectivity index (χ2v) is 8.80. The number of amides is 1. The molecule has 0 aliphatic carbocycles. The summed E-state index contributed by atoms with van der Waals surface area (Å²) in [6, 6.07) is 9.95. The summed E-state index contributed by atoms with van der Waals surface area (Å²) >= 11 is 0. The summed E-state index contributed by atoms with van der Waals surface area (Å²) in [7, 11) is 0. The van der Waals surface area contributed by atoms with Gasteiger partial charge in [0.05, 0.1) is 22.7 Å². The number of pyridine rings is 1. The topological polar surface area (TPSA) is 123 Å². The zero-order valence-corrected chi connectivity index (χ0v) is 21.3. The van der Waals surface area contributed by atoms with Crippen molar-refractivity contribution in [3.8, 4) is 0 Å². The van der Waals surface area contributed by atoms with Gasteiger partial charge in [-0.3, -0.25) is 24.6 Å². The molecule has 1 aromatic carbocycles. The number of ketones is 1. The van der Waals surface area contributed by atoms with Crippen LogP contribution in [0.1, 0.15) is 35.7 Å². The number of Topliss-reactive ketones (excluding diaryl/α,β-unsaturated/α-hetero) is 1. The van der Waals surface area contributed by atoms with E-state index in [2.05, 4.69) is 33.5 Å². The Balaban J connectivity index is 1.51. The fourth-order valence-corrected chi connectivity index (χ4v) is 4.34. The molecule has 1 aliphatic heterocycles. The molecule has 1 fully saturated rings. The van der Waals surface area contributed by atoms with Crippen molar-refractivity contribution in [1.29, 1.82) is 0 Å². The number of benzene rings is 1. The molecule has 1 amide bonds. The van der Waals surface area contributed by atoms with E-state index in [1.807, 2.05) is 30.3 Å². The number of hydrazine groups is 1. The highest BCUT2D eigenvalue weighted by Gasteiger charge is 2.31. The van der Waals surface area contributed by atoms with E-state index in [1.54, 1.807) is 0 Å². The van der Waals surface area contributed by atoms with Gasteiger partial charge < -0.3 is 14.8 Å². The lowest BCUT2D eigenvalue weighted by Crippen LogP contribution is -2.52. The van der Waals surface area contributed by atoms with Gasteiger partial charge in [-0.15, -0.1) is 0 Å². The number of fused-ring (bicyclic) bond motifs is 1. The first-order valence-corrected chi connectivity index (χ1v) is 12.5. The first-order chi connectivity index (χ1) is 18.5. The molecule has 198 valence electrons. The fourth-order valence-electron chi connectivity index (χ4n) is 4.34. The smallest absolute Gasteiger partial charge is 0.295 e. The second kappa shape index (κ2) is 12.2. The zero-order chi connectivity index (χ0) is 27.1. The Morgan fingerprint density at radius 2 is 1.92 bits per heavy atom. The van der Waals surface area contributed by atoms with E-state index in [4.69, 9.17) is 10.8 Å². The number of hydrogen-bond acceptors (Lipinski definition) is 7. The SMILES string of the molecule is C=N/C=C\N(N)c1ncc(F)c2c(C(=O)C(=O)N3CCN(/C(=N/CCCC)c4ccccc4)CC3)c[nH]c12. The number of unbranched alkanes of at least 4 members (excludes halogenated alkanes) is 1. The third-order valence-corrected chi connectivity index (χ3v) is 6.33. The summed E-state index contributed by atoms with van der Waals surface area (Å²) in [6.07, 6.45) is 7.04. The van der Waals surface area contributed by atoms with Crippen LogP contribution < -0.4 is 10.9 Å². The minimum atomic E-state index is -0.799. The number of amidine groups is 1. The van der Waals surface area contributed by atoms with Gasteiger partial charge in [-0.2, -0.15) is 0 Å². The molecule has 38 heavy (non-hydrogen) atoms. The molecule has 11 heteroatoms. The minimum absolute atomic E-state index is 0.0446. The van der Waals surface area contributed by atoms with Gasteiger partial charge in [0.2, 0.25) is 0 Å². The van der Waals surface area contributed by atoms with Crippen LogP contribution in [0.4, 0.5) is 10.2 Å². The van der Waals surface area contributed by atoms with Crippen LogP contribution in [0.5, 0.6) is 0 Å². The summed E-state index contributed by atoms with van der Waals surface area (Å²) in [5, 5.41) is 1.08. The van der Waals surface area contributed by atoms with Crippen molar-refractivity contribution < 1.29 is 14.0 Å². The Hall–Kier alpha value is -4.38. The van der Waals surface area contributed by atoms with E-state index < -0.39 is 17.5 Å². The van der Waals surface area contributed by atoms with Crippen molar-refractivity contribution >= 4 is 41.0 Å². The number of aromatic nitrogens is 2. The molecule has 0 atom stereocenters. The number of rotatable bonds is 9. The van der Waals surface area contributed by atoms with Gasteiger partial charge in [-0.25, -0.2) is 15.2 Å². The number of halogens is 1. The largest absolute Gasteiger partial charge is 0.357 e. The number of nitrogens with two attached hydrogens (primary N) is 1. The lowest BCUT2D eigenvalue weighted by Gasteiger charge is -2.36. The zero-order valence-electron chi connectivity index (χ0n) is 21.3. The van der Waals surface area contributed by atoms with Gasteiger partial charge in [0.25, 0.3) is 11.7 Å². The number of nitrogens with one attached hydrogen (secondary N) is 1. The highest BCUT2D eigenvalue weighted by atomic mass is 19.1. The third kappa shape index (κ3) is 5.62. The first kappa shape index (κ1) is 26.7. The molecule has 2 aromatic heterocycles. The van der Waals surface area contributed by atoms with Gasteiger partial charge in [-0.1, -0.05) is 43.7 Å². The molecule has 0 spiro atoms. The highest BCUT2D eigenvalue weighted by Crippen LogP contribution is 2.28. The Morgan fingerprint density at radius 1 is 1.21 bits per heavy atom. The van der Waals surface area contributed by atoms with Gasteiger partial charge >= 0.3 is 0 Å². The second-order valence-electron chi connectivity index (χ2n) is 8.80. The van der Waals surface area contributed by atoms with Crippen LogP contribution in [-0.2, 0) is 4.79 Å². The quantitative estimate of drug-likeness (QED) is 0.0853. The van der Waals surface area contributed by atoms with Gasteiger partial charge in [0, 0.05) is 56.9 Å². The standard InChI is InChI=1S/C27H31FN8O2/c1-3-4-10-31-25(19-8-6-5-7-9-19)34-13-15-35(16-14-34)27(38)24(37)20-17-32-23-22(20)21(28)18-33-26(23)36(29)12-11-30-2/h5-9,11-12,17-18,32H,2-4,10,13-16,29H2,1H3/b12-11-,31-25+. The van der Waals surface area contributed by atoms with Crippen LogP contribution in [-0.4, -0.2) is 76.7 Å². The number of piperazine rings is 1. The number of carbonyl (C=O) groups excluding carboxylic acids is 2. The summed E-state index contributed by atoms with van der Waals surface area (Å²) in [4.78, 5) is 45.3. The average Bonchev–Trinajstić information content (AvgIpc) is 3.40. The summed E-state index contributed by atoms with van der Waals surface area (Å²) in [6.45, 7) is 7.93. The number of anilines is 1. The van der Waals surface area contributed by atoms with Crippen molar-refractivity contribution in [3.05, 3.63) is 72.1 Å². The van der Waals surface area contributed by atoms with Gasteiger partial charge in [0.15, 0.2) is 11.6 Å². The maximum Gasteiger partial charge on any atom is 0.295 e. The summed E-state index contributed by atoms with van der Waals surface area (Å²) in [5.74, 6) is 4.79. The number of aliphatic imine (C=N–C) groups is 2. The number of nitrogens with zero attached hydrogens (tertiary/aromatic N) is 6. The van der Waals surface area contributed by atoms with Crippen molar-refractivity contribution in [2.45, 2.75) is 19.8 Å². The lowest BCUT2D eigenvalue weighted by molar-refractivity contribution is -0.127. The normalized spacial score (nSPS) is 14.3. The molecule has 3 aromatic rings. The molecule has 3 N–H and O–H groups in total. The van der Waals surface area contributed by atoms with E-state index in [9.17, 15) is 14.0 Å². The predicted molar refractivity (Wildman–Crippen MR) is 147 cm³/mol. The molecule has 0 bridgehead atoms. The van der Waals surface area contributed by atoms with Crippen molar-refractivity contribution in [2.75, 3.05) is 37.7 Å². The van der Waals surface area contributed by atoms with Crippen molar-refractivity contribution in [2.24, 2.45) is 15.8 Å². The molecule has 3 heterocycles. The van der Waals surface area contributed by atoms with Gasteiger partial charge in [0.1, 0.15) is 5.84 Å². The molecule has 1 aliphatic rings. The number of hydrogen-bond donors (Lipinski definition) is 2. The number of H-pyrrole nitrogens is 1. The van der Waals surface area contributed by atoms with E-state index >= 15 is 0 Å². The highest BCUT2D eigenvalue weighted by molar-refractivity contribution is 6.45. The monoisotopic (exact) mass is 518 g/mol. The fraction of sp³-hybridized carbons (Fsp3) is 0.296. The molecule has 0 radical (unpaired) electrons. The molecule has 4 rings (SSSR count). The number of aromatic amines is 1. The maximum atomic E-state index is 14.8. The van der Waals surface area contributed by atoms with Crippen LogP contribution in [0.2, 0.25) is 0 Å². The van der Waals surface area contributed by atoms with Gasteiger partial charge in [-0.05, 0) is 13.1 Å². The van der Waals surface area contributed by atoms with E-state index in [1.165, 1.54) is 23.5 Å². The van der Waals surface area contributed by atoms with Crippen LogP contribution in [0.25, 0.3) is 10.9 Å².